The zero-order valence-electron chi connectivity index (χ0n) is 10.5. The zero-order chi connectivity index (χ0) is 12.8. The van der Waals surface area contributed by atoms with Crippen LogP contribution in [0.4, 0.5) is 8.78 Å². The van der Waals surface area contributed by atoms with E-state index in [1.165, 1.54) is 12.1 Å². The van der Waals surface area contributed by atoms with Gasteiger partial charge >= 0.3 is 0 Å². The number of hydrogen-bond donors (Lipinski definition) is 1. The number of halogens is 2. The van der Waals surface area contributed by atoms with Gasteiger partial charge in [-0.05, 0) is 30.5 Å². The highest BCUT2D eigenvalue weighted by atomic mass is 19.1. The maximum absolute atomic E-state index is 13.0. The van der Waals surface area contributed by atoms with Crippen LogP contribution in [0.2, 0.25) is 0 Å². The number of rotatable bonds is 6. The first-order valence-corrected chi connectivity index (χ1v) is 5.71. The van der Waals surface area contributed by atoms with E-state index in [4.69, 9.17) is 4.74 Å². The highest BCUT2D eigenvalue weighted by molar-refractivity contribution is 5.20. The van der Waals surface area contributed by atoms with E-state index in [-0.39, 0.29) is 6.04 Å². The lowest BCUT2D eigenvalue weighted by atomic mass is 10.1. The highest BCUT2D eigenvalue weighted by Crippen LogP contribution is 2.16. The van der Waals surface area contributed by atoms with Crippen molar-refractivity contribution in [3.63, 3.8) is 0 Å². The van der Waals surface area contributed by atoms with Crippen molar-refractivity contribution in [2.24, 2.45) is 5.92 Å². The standard InChI is InChI=1S/C13H19F2NO/c1-9(8-17-3)7-16-10(2)11-4-12(14)6-13(15)5-11/h4-6,9-10,16H,7-8H2,1-3H3. The second-order valence-corrected chi connectivity index (χ2v) is 4.39. The highest BCUT2D eigenvalue weighted by Gasteiger charge is 2.09. The van der Waals surface area contributed by atoms with Crippen LogP contribution < -0.4 is 5.32 Å². The zero-order valence-corrected chi connectivity index (χ0v) is 10.5. The third-order valence-corrected chi connectivity index (χ3v) is 2.61. The summed E-state index contributed by atoms with van der Waals surface area (Å²) in [5.41, 5.74) is 0.618. The van der Waals surface area contributed by atoms with Gasteiger partial charge in [0.1, 0.15) is 11.6 Å². The van der Waals surface area contributed by atoms with Crippen LogP contribution in [0, 0.1) is 17.6 Å². The maximum Gasteiger partial charge on any atom is 0.126 e. The minimum absolute atomic E-state index is 0.0838. The molecule has 0 amide bonds. The van der Waals surface area contributed by atoms with Crippen LogP contribution in [0.25, 0.3) is 0 Å². The second kappa shape index (κ2) is 6.67. The van der Waals surface area contributed by atoms with Gasteiger partial charge in [0.05, 0.1) is 0 Å². The molecule has 0 bridgehead atoms. The van der Waals surface area contributed by atoms with Crippen molar-refractivity contribution in [3.05, 3.63) is 35.4 Å². The Labute approximate surface area is 101 Å². The minimum atomic E-state index is -0.543. The molecule has 17 heavy (non-hydrogen) atoms. The molecule has 1 aromatic rings. The van der Waals surface area contributed by atoms with Crippen molar-refractivity contribution in [1.82, 2.24) is 5.32 Å². The molecule has 1 rings (SSSR count). The SMILES string of the molecule is COCC(C)CNC(C)c1cc(F)cc(F)c1. The van der Waals surface area contributed by atoms with Gasteiger partial charge in [0.25, 0.3) is 0 Å². The van der Waals surface area contributed by atoms with E-state index in [0.717, 1.165) is 12.6 Å². The molecule has 0 aromatic heterocycles. The molecule has 0 saturated carbocycles. The average molecular weight is 243 g/mol. The summed E-state index contributed by atoms with van der Waals surface area (Å²) in [6.45, 7) is 5.34. The Morgan fingerprint density at radius 1 is 1.18 bits per heavy atom. The monoisotopic (exact) mass is 243 g/mol. The Bertz CT molecular complexity index is 337. The van der Waals surface area contributed by atoms with Gasteiger partial charge in [-0.15, -0.1) is 0 Å². The summed E-state index contributed by atoms with van der Waals surface area (Å²) in [5, 5.41) is 3.22. The van der Waals surface area contributed by atoms with E-state index >= 15 is 0 Å². The predicted octanol–water partition coefficient (Wildman–Crippen LogP) is 2.90. The number of methoxy groups -OCH3 is 1. The van der Waals surface area contributed by atoms with Gasteiger partial charge in [0.15, 0.2) is 0 Å². The average Bonchev–Trinajstić information content (AvgIpc) is 2.25. The normalized spacial score (nSPS) is 14.6. The van der Waals surface area contributed by atoms with Crippen LogP contribution in [-0.4, -0.2) is 20.3 Å². The number of nitrogens with one attached hydrogen (secondary N) is 1. The lowest BCUT2D eigenvalue weighted by Crippen LogP contribution is -2.26. The van der Waals surface area contributed by atoms with Gasteiger partial charge in [-0.1, -0.05) is 6.92 Å². The first kappa shape index (κ1) is 14.1. The summed E-state index contributed by atoms with van der Waals surface area (Å²) < 4.78 is 31.1. The van der Waals surface area contributed by atoms with E-state index in [0.29, 0.717) is 18.1 Å². The van der Waals surface area contributed by atoms with Gasteiger partial charge < -0.3 is 10.1 Å². The summed E-state index contributed by atoms with van der Waals surface area (Å²) in [7, 11) is 1.65. The third kappa shape index (κ3) is 4.79. The smallest absolute Gasteiger partial charge is 0.126 e. The van der Waals surface area contributed by atoms with Gasteiger partial charge in [0.2, 0.25) is 0 Å². The molecule has 0 saturated heterocycles. The topological polar surface area (TPSA) is 21.3 Å². The van der Waals surface area contributed by atoms with E-state index < -0.39 is 11.6 Å². The molecule has 2 unspecified atom stereocenters. The van der Waals surface area contributed by atoms with E-state index in [1.54, 1.807) is 7.11 Å². The molecule has 4 heteroatoms. The van der Waals surface area contributed by atoms with Gasteiger partial charge in [-0.25, -0.2) is 8.78 Å². The molecule has 0 radical (unpaired) electrons. The van der Waals surface area contributed by atoms with Crippen molar-refractivity contribution in [2.75, 3.05) is 20.3 Å². The predicted molar refractivity (Wildman–Crippen MR) is 63.8 cm³/mol. The number of benzene rings is 1. The largest absolute Gasteiger partial charge is 0.384 e. The molecule has 1 N–H and O–H groups in total. The minimum Gasteiger partial charge on any atom is -0.384 e. The summed E-state index contributed by atoms with van der Waals surface area (Å²) in [6, 6.07) is 3.49. The fourth-order valence-electron chi connectivity index (χ4n) is 1.66. The van der Waals surface area contributed by atoms with E-state index in [1.807, 2.05) is 6.92 Å². The Balaban J connectivity index is 2.54. The molecule has 0 fully saturated rings. The molecule has 2 nitrogen and oxygen atoms in total. The van der Waals surface area contributed by atoms with Gasteiger partial charge in [-0.2, -0.15) is 0 Å². The van der Waals surface area contributed by atoms with Gasteiger partial charge in [0, 0.05) is 32.4 Å². The summed E-state index contributed by atoms with van der Waals surface area (Å²) in [6.07, 6.45) is 0. The van der Waals surface area contributed by atoms with Crippen LogP contribution >= 0.6 is 0 Å². The quantitative estimate of drug-likeness (QED) is 0.829. The Hall–Kier alpha value is -1.00. The van der Waals surface area contributed by atoms with Crippen LogP contribution in [0.3, 0.4) is 0 Å². The molecular weight excluding hydrogens is 224 g/mol. The number of hydrogen-bond acceptors (Lipinski definition) is 2. The lowest BCUT2D eigenvalue weighted by Gasteiger charge is -2.17. The van der Waals surface area contributed by atoms with E-state index in [2.05, 4.69) is 12.2 Å². The van der Waals surface area contributed by atoms with Crippen LogP contribution in [0.1, 0.15) is 25.5 Å². The molecule has 0 heterocycles. The van der Waals surface area contributed by atoms with Crippen LogP contribution in [-0.2, 0) is 4.74 Å². The van der Waals surface area contributed by atoms with Crippen LogP contribution in [0.5, 0.6) is 0 Å². The van der Waals surface area contributed by atoms with Crippen molar-refractivity contribution in [2.45, 2.75) is 19.9 Å². The van der Waals surface area contributed by atoms with Crippen molar-refractivity contribution >= 4 is 0 Å². The van der Waals surface area contributed by atoms with Crippen molar-refractivity contribution in [1.29, 1.82) is 0 Å². The Morgan fingerprint density at radius 3 is 2.29 bits per heavy atom. The number of ether oxygens (including phenoxy) is 1. The van der Waals surface area contributed by atoms with Crippen molar-refractivity contribution < 1.29 is 13.5 Å². The molecule has 2 atom stereocenters. The lowest BCUT2D eigenvalue weighted by molar-refractivity contribution is 0.157. The Kier molecular flexibility index (Phi) is 5.51. The molecule has 0 aliphatic carbocycles. The van der Waals surface area contributed by atoms with Crippen LogP contribution in [0.15, 0.2) is 18.2 Å². The van der Waals surface area contributed by atoms with Gasteiger partial charge in [-0.3, -0.25) is 0 Å². The van der Waals surface area contributed by atoms with Crippen molar-refractivity contribution in [3.8, 4) is 0 Å². The molecule has 1 aromatic carbocycles. The Morgan fingerprint density at radius 2 is 1.76 bits per heavy atom. The van der Waals surface area contributed by atoms with E-state index in [9.17, 15) is 8.78 Å². The first-order valence-electron chi connectivity index (χ1n) is 5.71. The molecule has 0 aliphatic rings. The molecule has 96 valence electrons. The summed E-state index contributed by atoms with van der Waals surface area (Å²) in [4.78, 5) is 0. The molecule has 0 aliphatic heterocycles. The summed E-state index contributed by atoms with van der Waals surface area (Å²) >= 11 is 0. The third-order valence-electron chi connectivity index (χ3n) is 2.61. The second-order valence-electron chi connectivity index (χ2n) is 4.39. The molecular formula is C13H19F2NO. The molecule has 0 spiro atoms. The fourth-order valence-corrected chi connectivity index (χ4v) is 1.66. The summed E-state index contributed by atoms with van der Waals surface area (Å²) in [5.74, 6) is -0.724. The fraction of sp³-hybridized carbons (Fsp3) is 0.538. The maximum atomic E-state index is 13.0. The first-order chi connectivity index (χ1) is 8.02.